The Morgan fingerprint density at radius 2 is 1.72 bits per heavy atom. The van der Waals surface area contributed by atoms with Gasteiger partial charge in [-0.05, 0) is 18.2 Å². The molecule has 2 amide bonds. The highest BCUT2D eigenvalue weighted by Gasteiger charge is 2.13. The number of nitrogens with one attached hydrogen (secondary N) is 2. The third kappa shape index (κ3) is 4.87. The predicted octanol–water partition coefficient (Wildman–Crippen LogP) is 1.33. The van der Waals surface area contributed by atoms with Gasteiger partial charge in [-0.2, -0.15) is 0 Å². The Bertz CT molecular complexity index is 488. The summed E-state index contributed by atoms with van der Waals surface area (Å²) in [6.07, 6.45) is 0. The van der Waals surface area contributed by atoms with Gasteiger partial charge >= 0.3 is 11.8 Å². The summed E-state index contributed by atoms with van der Waals surface area (Å²) in [4.78, 5) is 22.9. The van der Waals surface area contributed by atoms with Gasteiger partial charge in [0.05, 0.1) is 11.5 Å². The van der Waals surface area contributed by atoms with Gasteiger partial charge in [0.25, 0.3) is 0 Å². The second-order valence-electron chi connectivity index (χ2n) is 3.26. The second kappa shape index (κ2) is 6.53. The van der Waals surface area contributed by atoms with Gasteiger partial charge in [0.1, 0.15) is 0 Å². The van der Waals surface area contributed by atoms with Crippen molar-refractivity contribution in [2.24, 2.45) is 5.73 Å². The maximum absolute atomic E-state index is 11.5. The molecule has 0 unspecified atom stereocenters. The van der Waals surface area contributed by atoms with E-state index in [-0.39, 0.29) is 11.5 Å². The largest absolute Gasteiger partial charge is 0.392 e. The number of rotatable bonds is 3. The summed E-state index contributed by atoms with van der Waals surface area (Å²) in [5.41, 5.74) is 5.51. The molecule has 0 radical (unpaired) electrons. The first kappa shape index (κ1) is 14.7. The number of anilines is 1. The molecule has 18 heavy (non-hydrogen) atoms. The van der Waals surface area contributed by atoms with Gasteiger partial charge in [0.2, 0.25) is 0 Å². The Labute approximate surface area is 119 Å². The zero-order valence-corrected chi connectivity index (χ0v) is 11.3. The van der Waals surface area contributed by atoms with Crippen molar-refractivity contribution in [1.29, 1.82) is 0 Å². The van der Waals surface area contributed by atoms with Crippen LogP contribution in [0.15, 0.2) is 18.2 Å². The van der Waals surface area contributed by atoms with Gasteiger partial charge < -0.3 is 16.4 Å². The SMILES string of the molecule is NC(=S)CNC(=O)C(=O)Nc1cc(Cl)cc(Cl)c1. The third-order valence-electron chi connectivity index (χ3n) is 1.75. The molecule has 1 rings (SSSR count). The maximum atomic E-state index is 11.5. The van der Waals surface area contributed by atoms with Crippen molar-refractivity contribution in [3.63, 3.8) is 0 Å². The van der Waals surface area contributed by atoms with Gasteiger partial charge in [-0.1, -0.05) is 35.4 Å². The Balaban J connectivity index is 2.63. The molecule has 0 saturated carbocycles. The van der Waals surface area contributed by atoms with E-state index in [4.69, 9.17) is 28.9 Å². The van der Waals surface area contributed by atoms with Gasteiger partial charge in [-0.15, -0.1) is 0 Å². The van der Waals surface area contributed by atoms with Crippen LogP contribution in [0.2, 0.25) is 10.0 Å². The summed E-state index contributed by atoms with van der Waals surface area (Å²) < 4.78 is 0. The van der Waals surface area contributed by atoms with E-state index in [1.807, 2.05) is 0 Å². The molecular weight excluding hydrogens is 297 g/mol. The number of nitrogens with two attached hydrogens (primary N) is 1. The topological polar surface area (TPSA) is 84.2 Å². The van der Waals surface area contributed by atoms with E-state index in [9.17, 15) is 9.59 Å². The average Bonchev–Trinajstić information content (AvgIpc) is 2.24. The lowest BCUT2D eigenvalue weighted by Gasteiger charge is -2.06. The van der Waals surface area contributed by atoms with Crippen LogP contribution in [-0.4, -0.2) is 23.3 Å². The minimum atomic E-state index is -0.857. The van der Waals surface area contributed by atoms with Crippen molar-refractivity contribution in [3.8, 4) is 0 Å². The lowest BCUT2D eigenvalue weighted by Crippen LogP contribution is -2.39. The Hall–Kier alpha value is -1.37. The number of halogens is 2. The fraction of sp³-hybridized carbons (Fsp3) is 0.100. The highest BCUT2D eigenvalue weighted by molar-refractivity contribution is 7.80. The van der Waals surface area contributed by atoms with Gasteiger partial charge in [0, 0.05) is 15.7 Å². The average molecular weight is 306 g/mol. The predicted molar refractivity (Wildman–Crippen MR) is 74.9 cm³/mol. The summed E-state index contributed by atoms with van der Waals surface area (Å²) in [5.74, 6) is -1.71. The molecule has 0 bridgehead atoms. The first-order valence-corrected chi connectivity index (χ1v) is 5.88. The Kier molecular flexibility index (Phi) is 5.33. The summed E-state index contributed by atoms with van der Waals surface area (Å²) in [5, 5.41) is 5.29. The number of carbonyl (C=O) groups excluding carboxylic acids is 2. The van der Waals surface area contributed by atoms with Crippen LogP contribution in [0.5, 0.6) is 0 Å². The molecule has 8 heteroatoms. The van der Waals surface area contributed by atoms with E-state index in [0.29, 0.717) is 15.7 Å². The molecular formula is C10H9Cl2N3O2S. The van der Waals surface area contributed by atoms with E-state index < -0.39 is 11.8 Å². The molecule has 0 atom stereocenters. The summed E-state index contributed by atoms with van der Waals surface area (Å²) in [6, 6.07) is 4.43. The van der Waals surface area contributed by atoms with Crippen LogP contribution in [0.4, 0.5) is 5.69 Å². The quantitative estimate of drug-likeness (QED) is 0.581. The van der Waals surface area contributed by atoms with Crippen LogP contribution in [0, 0.1) is 0 Å². The van der Waals surface area contributed by atoms with Crippen molar-refractivity contribution < 1.29 is 9.59 Å². The van der Waals surface area contributed by atoms with E-state index in [1.54, 1.807) is 0 Å². The van der Waals surface area contributed by atoms with Gasteiger partial charge in [-0.25, -0.2) is 0 Å². The highest BCUT2D eigenvalue weighted by atomic mass is 35.5. The third-order valence-corrected chi connectivity index (χ3v) is 2.33. The molecule has 96 valence electrons. The minimum absolute atomic E-state index is 0.0438. The molecule has 0 heterocycles. The number of hydrogen-bond donors (Lipinski definition) is 3. The van der Waals surface area contributed by atoms with Crippen molar-refractivity contribution in [2.75, 3.05) is 11.9 Å². The maximum Gasteiger partial charge on any atom is 0.313 e. The molecule has 1 aromatic rings. The first-order valence-electron chi connectivity index (χ1n) is 4.72. The van der Waals surface area contributed by atoms with Crippen molar-refractivity contribution in [2.45, 2.75) is 0 Å². The molecule has 5 nitrogen and oxygen atoms in total. The molecule has 0 aliphatic carbocycles. The Morgan fingerprint density at radius 3 is 2.22 bits per heavy atom. The van der Waals surface area contributed by atoms with Crippen LogP contribution >= 0.6 is 35.4 Å². The number of amides is 2. The van der Waals surface area contributed by atoms with E-state index in [1.165, 1.54) is 18.2 Å². The second-order valence-corrected chi connectivity index (χ2v) is 4.66. The lowest BCUT2D eigenvalue weighted by atomic mass is 10.3. The van der Waals surface area contributed by atoms with Crippen molar-refractivity contribution >= 4 is 57.9 Å². The van der Waals surface area contributed by atoms with Gasteiger partial charge in [-0.3, -0.25) is 9.59 Å². The molecule has 0 aliphatic rings. The molecule has 4 N–H and O–H groups in total. The van der Waals surface area contributed by atoms with Crippen LogP contribution in [-0.2, 0) is 9.59 Å². The summed E-state index contributed by atoms with van der Waals surface area (Å²) in [7, 11) is 0. The number of benzene rings is 1. The van der Waals surface area contributed by atoms with Crippen LogP contribution in [0.1, 0.15) is 0 Å². The molecule has 1 aromatic carbocycles. The zero-order valence-electron chi connectivity index (χ0n) is 9.00. The van der Waals surface area contributed by atoms with Crippen LogP contribution < -0.4 is 16.4 Å². The highest BCUT2D eigenvalue weighted by Crippen LogP contribution is 2.22. The zero-order chi connectivity index (χ0) is 13.7. The number of hydrogen-bond acceptors (Lipinski definition) is 3. The smallest absolute Gasteiger partial charge is 0.313 e. The van der Waals surface area contributed by atoms with E-state index >= 15 is 0 Å². The monoisotopic (exact) mass is 305 g/mol. The van der Waals surface area contributed by atoms with E-state index in [0.717, 1.165) is 0 Å². The molecule has 0 aliphatic heterocycles. The first-order chi connectivity index (χ1) is 8.38. The minimum Gasteiger partial charge on any atom is -0.392 e. The summed E-state index contributed by atoms with van der Waals surface area (Å²) >= 11 is 16.1. The molecule has 0 aromatic heterocycles. The molecule has 0 spiro atoms. The van der Waals surface area contributed by atoms with E-state index in [2.05, 4.69) is 22.9 Å². The van der Waals surface area contributed by atoms with Gasteiger partial charge in [0.15, 0.2) is 0 Å². The van der Waals surface area contributed by atoms with Crippen LogP contribution in [0.3, 0.4) is 0 Å². The fourth-order valence-corrected chi connectivity index (χ4v) is 1.66. The molecule has 0 fully saturated rings. The van der Waals surface area contributed by atoms with Crippen LogP contribution in [0.25, 0.3) is 0 Å². The normalized spacial score (nSPS) is 9.67. The standard InChI is InChI=1S/C10H9Cl2N3O2S/c11-5-1-6(12)3-7(2-5)15-10(17)9(16)14-4-8(13)18/h1-3H,4H2,(H2,13,18)(H,14,16)(H,15,17). The number of thiocarbonyl (C=S) groups is 1. The molecule has 0 saturated heterocycles. The fourth-order valence-electron chi connectivity index (χ4n) is 1.06. The van der Waals surface area contributed by atoms with Crippen molar-refractivity contribution in [3.05, 3.63) is 28.2 Å². The Morgan fingerprint density at radius 1 is 1.17 bits per heavy atom. The number of carbonyl (C=O) groups is 2. The lowest BCUT2D eigenvalue weighted by molar-refractivity contribution is -0.135. The summed E-state index contributed by atoms with van der Waals surface area (Å²) in [6.45, 7) is -0.0438. The van der Waals surface area contributed by atoms with Crippen molar-refractivity contribution in [1.82, 2.24) is 5.32 Å².